The number of aryl methyl sites for hydroxylation is 2. The predicted molar refractivity (Wildman–Crippen MR) is 105 cm³/mol. The van der Waals surface area contributed by atoms with Gasteiger partial charge in [0.1, 0.15) is 9.71 Å². The zero-order valence-corrected chi connectivity index (χ0v) is 15.7. The summed E-state index contributed by atoms with van der Waals surface area (Å²) in [7, 11) is 0. The number of rotatable bonds is 1. The van der Waals surface area contributed by atoms with E-state index in [0.29, 0.717) is 16.5 Å². The van der Waals surface area contributed by atoms with Gasteiger partial charge in [-0.25, -0.2) is 4.98 Å². The van der Waals surface area contributed by atoms with Gasteiger partial charge in [0, 0.05) is 23.9 Å². The Bertz CT molecular complexity index is 992. The molecule has 1 amide bonds. The van der Waals surface area contributed by atoms with Gasteiger partial charge in [0.15, 0.2) is 0 Å². The van der Waals surface area contributed by atoms with E-state index in [1.807, 2.05) is 4.90 Å². The minimum Gasteiger partial charge on any atom is -0.397 e. The van der Waals surface area contributed by atoms with E-state index in [1.165, 1.54) is 28.9 Å². The number of thiophene rings is 1. The van der Waals surface area contributed by atoms with Gasteiger partial charge in [0.05, 0.1) is 11.2 Å². The fourth-order valence-corrected chi connectivity index (χ4v) is 4.89. The van der Waals surface area contributed by atoms with Crippen LogP contribution in [0.25, 0.3) is 21.1 Å². The molecule has 3 aromatic rings. The van der Waals surface area contributed by atoms with Crippen LogP contribution in [0.2, 0.25) is 0 Å². The molecular formula is C20H23N3OS. The topological polar surface area (TPSA) is 59.2 Å². The van der Waals surface area contributed by atoms with Crippen molar-refractivity contribution in [3.05, 3.63) is 34.2 Å². The van der Waals surface area contributed by atoms with Gasteiger partial charge in [0.2, 0.25) is 0 Å². The molecule has 2 N–H and O–H groups in total. The zero-order valence-electron chi connectivity index (χ0n) is 14.9. The predicted octanol–water partition coefficient (Wildman–Crippen LogP) is 4.52. The van der Waals surface area contributed by atoms with Crippen LogP contribution in [-0.4, -0.2) is 28.9 Å². The third-order valence-electron chi connectivity index (χ3n) is 5.12. The molecule has 25 heavy (non-hydrogen) atoms. The van der Waals surface area contributed by atoms with E-state index in [4.69, 9.17) is 10.7 Å². The summed E-state index contributed by atoms with van der Waals surface area (Å²) in [5.41, 5.74) is 10.3. The molecule has 1 aliphatic heterocycles. The van der Waals surface area contributed by atoms with Crippen molar-refractivity contribution in [3.8, 4) is 0 Å². The van der Waals surface area contributed by atoms with Gasteiger partial charge in [-0.1, -0.05) is 13.0 Å². The molecule has 1 saturated heterocycles. The van der Waals surface area contributed by atoms with E-state index < -0.39 is 0 Å². The number of hydrogen-bond donors (Lipinski definition) is 1. The molecule has 4 nitrogen and oxygen atoms in total. The van der Waals surface area contributed by atoms with Crippen LogP contribution in [0.5, 0.6) is 0 Å². The number of piperidine rings is 1. The molecule has 4 rings (SSSR count). The highest BCUT2D eigenvalue weighted by Gasteiger charge is 2.26. The maximum absolute atomic E-state index is 13.0. The number of carbonyl (C=O) groups excluding carboxylic acids is 1. The van der Waals surface area contributed by atoms with Gasteiger partial charge in [0.25, 0.3) is 5.91 Å². The monoisotopic (exact) mass is 353 g/mol. The van der Waals surface area contributed by atoms with Crippen LogP contribution in [0, 0.1) is 19.8 Å². The standard InChI is InChI=1S/C20H23N3OS/c1-11-5-4-6-23(10-11)20(24)18-17(21)15-9-14-13(3)7-12(2)8-16(14)22-19(15)25-18/h7-9,11H,4-6,10,21H2,1-3H3/t11-/m1/s1. The number of fused-ring (bicyclic) bond motifs is 2. The summed E-state index contributed by atoms with van der Waals surface area (Å²) in [6, 6.07) is 6.33. The number of amides is 1. The summed E-state index contributed by atoms with van der Waals surface area (Å²) in [5, 5.41) is 2.01. The van der Waals surface area contributed by atoms with Gasteiger partial charge in [-0.2, -0.15) is 0 Å². The Hall–Kier alpha value is -2.14. The summed E-state index contributed by atoms with van der Waals surface area (Å²) in [6.07, 6.45) is 2.26. The first-order valence-electron chi connectivity index (χ1n) is 8.83. The van der Waals surface area contributed by atoms with Crippen LogP contribution in [0.15, 0.2) is 18.2 Å². The van der Waals surface area contributed by atoms with E-state index in [0.717, 1.165) is 40.6 Å². The lowest BCUT2D eigenvalue weighted by atomic mass is 10.00. The zero-order chi connectivity index (χ0) is 17.7. The molecule has 0 saturated carbocycles. The number of benzene rings is 1. The highest BCUT2D eigenvalue weighted by Crippen LogP contribution is 2.36. The largest absolute Gasteiger partial charge is 0.397 e. The number of nitrogens with zero attached hydrogens (tertiary/aromatic N) is 2. The highest BCUT2D eigenvalue weighted by atomic mass is 32.1. The average molecular weight is 353 g/mol. The number of carbonyl (C=O) groups is 1. The lowest BCUT2D eigenvalue weighted by Gasteiger charge is -2.30. The minimum absolute atomic E-state index is 0.0593. The molecule has 1 aromatic carbocycles. The molecule has 0 bridgehead atoms. The lowest BCUT2D eigenvalue weighted by molar-refractivity contribution is 0.0689. The average Bonchev–Trinajstić information content (AvgIpc) is 2.88. The third kappa shape index (κ3) is 2.76. The Morgan fingerprint density at radius 3 is 2.84 bits per heavy atom. The maximum Gasteiger partial charge on any atom is 0.266 e. The van der Waals surface area contributed by atoms with Crippen LogP contribution >= 0.6 is 11.3 Å². The number of pyridine rings is 1. The molecule has 0 unspecified atom stereocenters. The fraction of sp³-hybridized carbons (Fsp3) is 0.400. The number of nitrogens with two attached hydrogens (primary N) is 1. The molecule has 1 atom stereocenters. The molecule has 1 aliphatic rings. The third-order valence-corrected chi connectivity index (χ3v) is 6.23. The molecule has 130 valence electrons. The summed E-state index contributed by atoms with van der Waals surface area (Å²) in [6.45, 7) is 8.01. The van der Waals surface area contributed by atoms with Crippen molar-refractivity contribution >= 4 is 44.1 Å². The molecule has 0 radical (unpaired) electrons. The van der Waals surface area contributed by atoms with Crippen molar-refractivity contribution in [1.82, 2.24) is 9.88 Å². The smallest absolute Gasteiger partial charge is 0.266 e. The van der Waals surface area contributed by atoms with Crippen LogP contribution in [0.4, 0.5) is 5.69 Å². The van der Waals surface area contributed by atoms with E-state index >= 15 is 0 Å². The normalized spacial score (nSPS) is 18.2. The second kappa shape index (κ2) is 5.99. The van der Waals surface area contributed by atoms with Crippen molar-refractivity contribution in [2.45, 2.75) is 33.6 Å². The molecular weight excluding hydrogens is 330 g/mol. The Morgan fingerprint density at radius 2 is 2.08 bits per heavy atom. The SMILES string of the molecule is Cc1cc(C)c2cc3c(N)c(C(=O)N4CCC[C@@H](C)C4)sc3nc2c1. The Balaban J connectivity index is 1.83. The Kier molecular flexibility index (Phi) is 3.91. The van der Waals surface area contributed by atoms with Crippen LogP contribution < -0.4 is 5.73 Å². The summed E-state index contributed by atoms with van der Waals surface area (Å²) >= 11 is 1.43. The number of aromatic nitrogens is 1. The van der Waals surface area contributed by atoms with E-state index in [1.54, 1.807) is 0 Å². The minimum atomic E-state index is 0.0593. The Labute approximate surface area is 151 Å². The molecule has 0 spiro atoms. The van der Waals surface area contributed by atoms with Gasteiger partial charge >= 0.3 is 0 Å². The van der Waals surface area contributed by atoms with Crippen LogP contribution in [-0.2, 0) is 0 Å². The molecule has 3 heterocycles. The van der Waals surface area contributed by atoms with E-state index in [2.05, 4.69) is 39.0 Å². The number of hydrogen-bond acceptors (Lipinski definition) is 4. The van der Waals surface area contributed by atoms with Crippen molar-refractivity contribution in [3.63, 3.8) is 0 Å². The van der Waals surface area contributed by atoms with Gasteiger partial charge in [-0.3, -0.25) is 4.79 Å². The van der Waals surface area contributed by atoms with Gasteiger partial charge in [-0.15, -0.1) is 11.3 Å². The molecule has 2 aromatic heterocycles. The summed E-state index contributed by atoms with van der Waals surface area (Å²) in [4.78, 5) is 21.2. The van der Waals surface area contributed by atoms with E-state index in [9.17, 15) is 4.79 Å². The second-order valence-corrected chi connectivity index (χ2v) is 8.33. The molecule has 1 fully saturated rings. The molecule has 0 aliphatic carbocycles. The first kappa shape index (κ1) is 16.3. The summed E-state index contributed by atoms with van der Waals surface area (Å²) in [5.74, 6) is 0.614. The highest BCUT2D eigenvalue weighted by molar-refractivity contribution is 7.21. The Morgan fingerprint density at radius 1 is 1.28 bits per heavy atom. The van der Waals surface area contributed by atoms with Gasteiger partial charge in [-0.05, 0) is 55.9 Å². The second-order valence-electron chi connectivity index (χ2n) is 7.33. The van der Waals surface area contributed by atoms with Crippen molar-refractivity contribution in [2.75, 3.05) is 18.8 Å². The lowest BCUT2D eigenvalue weighted by Crippen LogP contribution is -2.38. The van der Waals surface area contributed by atoms with Crippen molar-refractivity contribution in [1.29, 1.82) is 0 Å². The van der Waals surface area contributed by atoms with Crippen molar-refractivity contribution in [2.24, 2.45) is 5.92 Å². The van der Waals surface area contributed by atoms with E-state index in [-0.39, 0.29) is 5.91 Å². The maximum atomic E-state index is 13.0. The number of nitrogen functional groups attached to an aromatic ring is 1. The molecule has 5 heteroatoms. The number of likely N-dealkylation sites (tertiary alicyclic amines) is 1. The first-order valence-corrected chi connectivity index (χ1v) is 9.65. The summed E-state index contributed by atoms with van der Waals surface area (Å²) < 4.78 is 0. The number of anilines is 1. The van der Waals surface area contributed by atoms with Crippen LogP contribution in [0.3, 0.4) is 0 Å². The van der Waals surface area contributed by atoms with Crippen LogP contribution in [0.1, 0.15) is 40.6 Å². The fourth-order valence-electron chi connectivity index (χ4n) is 3.83. The first-order chi connectivity index (χ1) is 11.9. The van der Waals surface area contributed by atoms with Crippen molar-refractivity contribution < 1.29 is 4.79 Å². The van der Waals surface area contributed by atoms with Gasteiger partial charge < -0.3 is 10.6 Å². The quantitative estimate of drug-likeness (QED) is 0.700.